The summed E-state index contributed by atoms with van der Waals surface area (Å²) in [5.41, 5.74) is -0.476. The zero-order chi connectivity index (χ0) is 22.3. The van der Waals surface area contributed by atoms with E-state index in [4.69, 9.17) is 14.2 Å². The third-order valence-corrected chi connectivity index (χ3v) is 7.23. The predicted octanol–water partition coefficient (Wildman–Crippen LogP) is 3.91. The molecule has 1 aliphatic heterocycles. The third-order valence-electron chi connectivity index (χ3n) is 7.05. The van der Waals surface area contributed by atoms with Gasteiger partial charge in [0.1, 0.15) is 17.8 Å². The smallest absolute Gasteiger partial charge is 0.388 e. The van der Waals surface area contributed by atoms with Crippen molar-refractivity contribution in [3.05, 3.63) is 0 Å². The quantitative estimate of drug-likeness (QED) is 0.377. The molecule has 0 radical (unpaired) electrons. The number of fused-ring (bicyclic) bond motifs is 1. The predicted molar refractivity (Wildman–Crippen MR) is 106 cm³/mol. The normalized spacial score (nSPS) is 34.1. The molecule has 3 aliphatic rings. The molecule has 0 bridgehead atoms. The van der Waals surface area contributed by atoms with E-state index in [1.165, 1.54) is 6.92 Å². The minimum atomic E-state index is -3.93. The first kappa shape index (κ1) is 23.3. The number of halogens is 2. The maximum absolute atomic E-state index is 13.1. The lowest BCUT2D eigenvalue weighted by Crippen LogP contribution is -2.41. The topological polar surface area (TPSA) is 78.9 Å². The van der Waals surface area contributed by atoms with Crippen molar-refractivity contribution in [2.24, 2.45) is 23.7 Å². The van der Waals surface area contributed by atoms with E-state index >= 15 is 0 Å². The molecule has 170 valence electrons. The summed E-state index contributed by atoms with van der Waals surface area (Å²) in [4.78, 5) is 37.2. The SMILES string of the molecule is CCC1(OC(=O)C2C(C)CC3C(C(C)OC(=O)C(F)(F)S)OC(=O)C32)CCCCC1. The van der Waals surface area contributed by atoms with Crippen molar-refractivity contribution in [3.8, 4) is 0 Å². The van der Waals surface area contributed by atoms with Crippen LogP contribution in [0.3, 0.4) is 0 Å². The Morgan fingerprint density at radius 2 is 1.93 bits per heavy atom. The van der Waals surface area contributed by atoms with Crippen molar-refractivity contribution in [2.45, 2.75) is 88.8 Å². The standard InChI is InChI=1S/C21H30F2O6S/c1-4-20(8-6-5-7-9-20)29-18(25)14-11(2)10-13-15(14)17(24)28-16(13)12(3)27-19(26)21(22,23)30/h11-16,30H,4-10H2,1-3H3. The highest BCUT2D eigenvalue weighted by atomic mass is 32.1. The Morgan fingerprint density at radius 3 is 2.50 bits per heavy atom. The lowest BCUT2D eigenvalue weighted by atomic mass is 9.82. The second-order valence-electron chi connectivity index (χ2n) is 9.00. The van der Waals surface area contributed by atoms with E-state index in [0.29, 0.717) is 6.42 Å². The van der Waals surface area contributed by atoms with E-state index in [0.717, 1.165) is 38.5 Å². The van der Waals surface area contributed by atoms with Crippen molar-refractivity contribution < 1.29 is 37.4 Å². The third kappa shape index (κ3) is 4.46. The van der Waals surface area contributed by atoms with Crippen LogP contribution in [-0.4, -0.2) is 41.0 Å². The Bertz CT molecular complexity index is 687. The second kappa shape index (κ2) is 8.63. The Labute approximate surface area is 180 Å². The summed E-state index contributed by atoms with van der Waals surface area (Å²) in [6, 6.07) is 0. The first-order chi connectivity index (χ1) is 14.0. The summed E-state index contributed by atoms with van der Waals surface area (Å²) < 4.78 is 42.3. The van der Waals surface area contributed by atoms with Crippen molar-refractivity contribution in [2.75, 3.05) is 0 Å². The number of rotatable bonds is 6. The van der Waals surface area contributed by atoms with E-state index in [-0.39, 0.29) is 11.9 Å². The first-order valence-electron chi connectivity index (χ1n) is 10.7. The molecule has 0 spiro atoms. The largest absolute Gasteiger partial charge is 0.459 e. The summed E-state index contributed by atoms with van der Waals surface area (Å²) in [7, 11) is 0. The number of hydrogen-bond acceptors (Lipinski definition) is 7. The van der Waals surface area contributed by atoms with E-state index in [1.807, 2.05) is 13.8 Å². The van der Waals surface area contributed by atoms with Gasteiger partial charge in [-0.15, -0.1) is 0 Å². The van der Waals surface area contributed by atoms with E-state index in [1.54, 1.807) is 0 Å². The molecule has 2 saturated carbocycles. The maximum atomic E-state index is 13.1. The highest BCUT2D eigenvalue weighted by Gasteiger charge is 2.60. The van der Waals surface area contributed by atoms with Gasteiger partial charge in [-0.05, 0) is 51.4 Å². The zero-order valence-corrected chi connectivity index (χ0v) is 18.5. The molecular formula is C21H30F2O6S. The van der Waals surface area contributed by atoms with Gasteiger partial charge in [-0.3, -0.25) is 9.59 Å². The van der Waals surface area contributed by atoms with Gasteiger partial charge in [-0.2, -0.15) is 8.78 Å². The van der Waals surface area contributed by atoms with Crippen LogP contribution in [0.5, 0.6) is 0 Å². The van der Waals surface area contributed by atoms with Gasteiger partial charge >= 0.3 is 23.2 Å². The number of hydrogen-bond donors (Lipinski definition) is 1. The van der Waals surface area contributed by atoms with Crippen LogP contribution in [0.4, 0.5) is 8.78 Å². The molecule has 6 atom stereocenters. The summed E-state index contributed by atoms with van der Waals surface area (Å²) in [6.45, 7) is 5.29. The fraction of sp³-hybridized carbons (Fsp3) is 0.857. The van der Waals surface area contributed by atoms with Gasteiger partial charge in [-0.1, -0.05) is 32.9 Å². The minimum Gasteiger partial charge on any atom is -0.459 e. The zero-order valence-electron chi connectivity index (χ0n) is 17.6. The molecule has 30 heavy (non-hydrogen) atoms. The summed E-state index contributed by atoms with van der Waals surface area (Å²) in [6.07, 6.45) is 4.05. The summed E-state index contributed by atoms with van der Waals surface area (Å²) >= 11 is 2.92. The fourth-order valence-electron chi connectivity index (χ4n) is 5.44. The van der Waals surface area contributed by atoms with E-state index < -0.39 is 52.8 Å². The minimum absolute atomic E-state index is 0.130. The van der Waals surface area contributed by atoms with Crippen LogP contribution in [0.25, 0.3) is 0 Å². The Balaban J connectivity index is 1.72. The molecule has 6 nitrogen and oxygen atoms in total. The lowest BCUT2D eigenvalue weighted by molar-refractivity contribution is -0.176. The van der Waals surface area contributed by atoms with Crippen LogP contribution in [0.1, 0.15) is 65.7 Å². The van der Waals surface area contributed by atoms with Crippen LogP contribution in [0.2, 0.25) is 0 Å². The van der Waals surface area contributed by atoms with Gasteiger partial charge in [0.2, 0.25) is 0 Å². The lowest BCUT2D eigenvalue weighted by Gasteiger charge is -2.37. The number of cyclic esters (lactones) is 1. The number of ether oxygens (including phenoxy) is 3. The first-order valence-corrected chi connectivity index (χ1v) is 11.2. The van der Waals surface area contributed by atoms with Crippen LogP contribution in [0.15, 0.2) is 0 Å². The van der Waals surface area contributed by atoms with Gasteiger partial charge in [0, 0.05) is 5.92 Å². The summed E-state index contributed by atoms with van der Waals surface area (Å²) in [5.74, 6) is -4.63. The molecule has 1 saturated heterocycles. The number of thiol groups is 1. The van der Waals surface area contributed by atoms with Crippen LogP contribution >= 0.6 is 12.6 Å². The second-order valence-corrected chi connectivity index (χ2v) is 9.56. The monoisotopic (exact) mass is 448 g/mol. The number of carbonyl (C=O) groups excluding carboxylic acids is 3. The molecule has 0 aromatic heterocycles. The fourth-order valence-corrected chi connectivity index (χ4v) is 5.49. The Hall–Kier alpha value is -1.38. The van der Waals surface area contributed by atoms with Crippen molar-refractivity contribution in [1.29, 1.82) is 0 Å². The molecule has 0 aromatic rings. The molecule has 0 amide bonds. The van der Waals surface area contributed by atoms with Crippen LogP contribution < -0.4 is 0 Å². The van der Waals surface area contributed by atoms with Crippen LogP contribution in [0, 0.1) is 23.7 Å². The Kier molecular flexibility index (Phi) is 6.70. The highest BCUT2D eigenvalue weighted by molar-refractivity contribution is 7.82. The molecule has 0 N–H and O–H groups in total. The maximum Gasteiger partial charge on any atom is 0.388 e. The molecule has 0 aromatic carbocycles. The average molecular weight is 449 g/mol. The number of alkyl halides is 2. The van der Waals surface area contributed by atoms with Crippen molar-refractivity contribution in [3.63, 3.8) is 0 Å². The molecule has 3 rings (SSSR count). The summed E-state index contributed by atoms with van der Waals surface area (Å²) in [5, 5.41) is -3.93. The van der Waals surface area contributed by atoms with Crippen LogP contribution in [-0.2, 0) is 28.6 Å². The molecule has 2 aliphatic carbocycles. The van der Waals surface area contributed by atoms with Crippen molar-refractivity contribution >= 4 is 30.5 Å². The molecule has 6 unspecified atom stereocenters. The van der Waals surface area contributed by atoms with E-state index in [2.05, 4.69) is 12.6 Å². The molecule has 9 heteroatoms. The van der Waals surface area contributed by atoms with Gasteiger partial charge in [0.15, 0.2) is 0 Å². The molecule has 3 fully saturated rings. The van der Waals surface area contributed by atoms with Gasteiger partial charge in [0.05, 0.1) is 11.8 Å². The number of carbonyl (C=O) groups is 3. The molecular weight excluding hydrogens is 418 g/mol. The highest BCUT2D eigenvalue weighted by Crippen LogP contribution is 2.51. The number of esters is 3. The van der Waals surface area contributed by atoms with Gasteiger partial charge < -0.3 is 14.2 Å². The van der Waals surface area contributed by atoms with E-state index in [9.17, 15) is 23.2 Å². The van der Waals surface area contributed by atoms with Gasteiger partial charge in [0.25, 0.3) is 0 Å². The molecule has 1 heterocycles. The van der Waals surface area contributed by atoms with Crippen molar-refractivity contribution in [1.82, 2.24) is 0 Å². The average Bonchev–Trinajstić information content (AvgIpc) is 3.17. The van der Waals surface area contributed by atoms with Gasteiger partial charge in [-0.25, -0.2) is 4.79 Å². The Morgan fingerprint density at radius 1 is 1.30 bits per heavy atom.